The second-order valence-corrected chi connectivity index (χ2v) is 5.08. The molecule has 0 heterocycles. The van der Waals surface area contributed by atoms with Crippen LogP contribution >= 0.6 is 0 Å². The number of nitrogens with one attached hydrogen (secondary N) is 1. The van der Waals surface area contributed by atoms with Crippen LogP contribution in [0.2, 0.25) is 0 Å². The normalized spacial score (nSPS) is 11.7. The highest BCUT2D eigenvalue weighted by molar-refractivity contribution is 5.70. The van der Waals surface area contributed by atoms with Crippen LogP contribution in [0.4, 0.5) is 5.69 Å². The number of anilines is 1. The fourth-order valence-electron chi connectivity index (χ4n) is 2.17. The van der Waals surface area contributed by atoms with Gasteiger partial charge in [-0.3, -0.25) is 4.79 Å². The molecule has 0 fully saturated rings. The van der Waals surface area contributed by atoms with Crippen molar-refractivity contribution in [3.05, 3.63) is 65.7 Å². The standard InChI is InChI=1S/C18H22N2O2/c1-2-22-18(21)12-17(19)15-8-10-16(11-9-15)20-13-14-6-4-3-5-7-14/h3-11,17,20H,2,12-13,19H2,1H3/t17-/m1/s1. The third-order valence-electron chi connectivity index (χ3n) is 3.37. The van der Waals surface area contributed by atoms with Gasteiger partial charge in [0.25, 0.3) is 0 Å². The highest BCUT2D eigenvalue weighted by Crippen LogP contribution is 2.18. The zero-order valence-electron chi connectivity index (χ0n) is 12.8. The summed E-state index contributed by atoms with van der Waals surface area (Å²) in [5.74, 6) is -0.263. The van der Waals surface area contributed by atoms with Crippen LogP contribution in [0.5, 0.6) is 0 Å². The van der Waals surface area contributed by atoms with Gasteiger partial charge in [-0.25, -0.2) is 0 Å². The monoisotopic (exact) mass is 298 g/mol. The van der Waals surface area contributed by atoms with Crippen molar-refractivity contribution < 1.29 is 9.53 Å². The molecule has 0 unspecified atom stereocenters. The first-order valence-electron chi connectivity index (χ1n) is 7.48. The first-order valence-corrected chi connectivity index (χ1v) is 7.48. The summed E-state index contributed by atoms with van der Waals surface area (Å²) < 4.78 is 4.91. The molecule has 1 atom stereocenters. The Morgan fingerprint density at radius 1 is 1.14 bits per heavy atom. The van der Waals surface area contributed by atoms with Gasteiger partial charge in [0.05, 0.1) is 13.0 Å². The smallest absolute Gasteiger partial charge is 0.307 e. The summed E-state index contributed by atoms with van der Waals surface area (Å²) >= 11 is 0. The lowest BCUT2D eigenvalue weighted by molar-refractivity contribution is -0.143. The highest BCUT2D eigenvalue weighted by atomic mass is 16.5. The predicted octanol–water partition coefficient (Wildman–Crippen LogP) is 3.25. The fourth-order valence-corrected chi connectivity index (χ4v) is 2.17. The lowest BCUT2D eigenvalue weighted by Crippen LogP contribution is -2.17. The molecule has 3 N–H and O–H groups in total. The molecule has 22 heavy (non-hydrogen) atoms. The Labute approximate surface area is 131 Å². The molecule has 0 amide bonds. The van der Waals surface area contributed by atoms with Crippen LogP contribution < -0.4 is 11.1 Å². The van der Waals surface area contributed by atoms with Crippen molar-refractivity contribution in [1.82, 2.24) is 0 Å². The largest absolute Gasteiger partial charge is 0.466 e. The van der Waals surface area contributed by atoms with E-state index in [-0.39, 0.29) is 18.4 Å². The summed E-state index contributed by atoms with van der Waals surface area (Å²) in [6, 6.07) is 17.7. The molecule has 0 saturated heterocycles. The molecule has 0 bridgehead atoms. The Morgan fingerprint density at radius 3 is 2.45 bits per heavy atom. The molecule has 2 aromatic rings. The summed E-state index contributed by atoms with van der Waals surface area (Å²) in [5, 5.41) is 3.36. The van der Waals surface area contributed by atoms with Gasteiger partial charge in [0.2, 0.25) is 0 Å². The highest BCUT2D eigenvalue weighted by Gasteiger charge is 2.12. The van der Waals surface area contributed by atoms with Crippen molar-refractivity contribution in [3.63, 3.8) is 0 Å². The molecule has 0 aliphatic heterocycles. The molecule has 4 nitrogen and oxygen atoms in total. The van der Waals surface area contributed by atoms with E-state index >= 15 is 0 Å². The van der Waals surface area contributed by atoms with Gasteiger partial charge in [0.15, 0.2) is 0 Å². The quantitative estimate of drug-likeness (QED) is 0.770. The molecule has 2 aromatic carbocycles. The second-order valence-electron chi connectivity index (χ2n) is 5.08. The van der Waals surface area contributed by atoms with E-state index in [1.165, 1.54) is 5.56 Å². The molecule has 116 valence electrons. The Hall–Kier alpha value is -2.33. The average molecular weight is 298 g/mol. The van der Waals surface area contributed by atoms with E-state index in [1.54, 1.807) is 6.92 Å². The molecule has 4 heteroatoms. The topological polar surface area (TPSA) is 64.3 Å². The molecule has 2 rings (SSSR count). The third kappa shape index (κ3) is 4.90. The van der Waals surface area contributed by atoms with E-state index in [9.17, 15) is 4.79 Å². The third-order valence-corrected chi connectivity index (χ3v) is 3.37. The minimum Gasteiger partial charge on any atom is -0.466 e. The Bertz CT molecular complexity index is 582. The van der Waals surface area contributed by atoms with E-state index in [2.05, 4.69) is 17.4 Å². The molecule has 0 radical (unpaired) electrons. The number of benzene rings is 2. The van der Waals surface area contributed by atoms with Crippen molar-refractivity contribution >= 4 is 11.7 Å². The van der Waals surface area contributed by atoms with Crippen LogP contribution in [0.1, 0.15) is 30.5 Å². The minimum absolute atomic E-state index is 0.199. The van der Waals surface area contributed by atoms with E-state index in [0.717, 1.165) is 17.8 Å². The molecule has 0 aromatic heterocycles. The van der Waals surface area contributed by atoms with Crippen molar-refractivity contribution in [3.8, 4) is 0 Å². The lowest BCUT2D eigenvalue weighted by atomic mass is 10.0. The number of ether oxygens (including phenoxy) is 1. The van der Waals surface area contributed by atoms with Gasteiger partial charge >= 0.3 is 5.97 Å². The van der Waals surface area contributed by atoms with E-state index in [1.807, 2.05) is 42.5 Å². The van der Waals surface area contributed by atoms with Crippen LogP contribution in [-0.4, -0.2) is 12.6 Å². The van der Waals surface area contributed by atoms with Crippen LogP contribution in [0.25, 0.3) is 0 Å². The molecular weight excluding hydrogens is 276 g/mol. The van der Waals surface area contributed by atoms with Crippen molar-refractivity contribution in [2.75, 3.05) is 11.9 Å². The van der Waals surface area contributed by atoms with Gasteiger partial charge in [-0.2, -0.15) is 0 Å². The summed E-state index contributed by atoms with van der Waals surface area (Å²) in [6.45, 7) is 2.94. The average Bonchev–Trinajstić information content (AvgIpc) is 2.54. The first kappa shape index (κ1) is 16.0. The number of hydrogen-bond acceptors (Lipinski definition) is 4. The predicted molar refractivity (Wildman–Crippen MR) is 88.4 cm³/mol. The number of nitrogens with two attached hydrogens (primary N) is 1. The molecule has 0 aliphatic rings. The van der Waals surface area contributed by atoms with E-state index in [0.29, 0.717) is 6.61 Å². The van der Waals surface area contributed by atoms with Crippen LogP contribution in [0, 0.1) is 0 Å². The summed E-state index contributed by atoms with van der Waals surface area (Å²) in [4.78, 5) is 11.4. The van der Waals surface area contributed by atoms with Gasteiger partial charge < -0.3 is 15.8 Å². The Balaban J connectivity index is 1.88. The second kappa shape index (κ2) is 8.20. The SMILES string of the molecule is CCOC(=O)C[C@@H](N)c1ccc(NCc2ccccc2)cc1. The zero-order valence-corrected chi connectivity index (χ0v) is 12.8. The van der Waals surface area contributed by atoms with Gasteiger partial charge in [0, 0.05) is 18.3 Å². The van der Waals surface area contributed by atoms with Crippen molar-refractivity contribution in [2.45, 2.75) is 25.9 Å². The molecule has 0 aliphatic carbocycles. The lowest BCUT2D eigenvalue weighted by Gasteiger charge is -2.12. The first-order chi connectivity index (χ1) is 10.7. The van der Waals surface area contributed by atoms with E-state index in [4.69, 9.17) is 10.5 Å². The summed E-state index contributed by atoms with van der Waals surface area (Å²) in [7, 11) is 0. The maximum atomic E-state index is 11.4. The van der Waals surface area contributed by atoms with Gasteiger partial charge in [-0.05, 0) is 30.2 Å². The Kier molecular flexibility index (Phi) is 5.98. The Morgan fingerprint density at radius 2 is 1.82 bits per heavy atom. The summed E-state index contributed by atoms with van der Waals surface area (Å²) in [6.07, 6.45) is 0.199. The van der Waals surface area contributed by atoms with Crippen LogP contribution in [0.3, 0.4) is 0 Å². The maximum Gasteiger partial charge on any atom is 0.307 e. The number of hydrogen-bond donors (Lipinski definition) is 2. The molecule has 0 saturated carbocycles. The number of carbonyl (C=O) groups excluding carboxylic acids is 1. The van der Waals surface area contributed by atoms with E-state index < -0.39 is 0 Å². The fraction of sp³-hybridized carbons (Fsp3) is 0.278. The van der Waals surface area contributed by atoms with Crippen molar-refractivity contribution in [1.29, 1.82) is 0 Å². The molecule has 0 spiro atoms. The molecular formula is C18H22N2O2. The maximum absolute atomic E-state index is 11.4. The number of esters is 1. The number of carbonyl (C=O) groups is 1. The minimum atomic E-state index is -0.331. The van der Waals surface area contributed by atoms with Crippen molar-refractivity contribution in [2.24, 2.45) is 5.73 Å². The zero-order chi connectivity index (χ0) is 15.8. The van der Waals surface area contributed by atoms with Gasteiger partial charge in [0.1, 0.15) is 0 Å². The number of rotatable bonds is 7. The summed E-state index contributed by atoms with van der Waals surface area (Å²) in [5.41, 5.74) is 9.20. The van der Waals surface area contributed by atoms with Gasteiger partial charge in [-0.15, -0.1) is 0 Å². The van der Waals surface area contributed by atoms with Gasteiger partial charge in [-0.1, -0.05) is 42.5 Å². The van der Waals surface area contributed by atoms with Crippen LogP contribution in [-0.2, 0) is 16.1 Å². The van der Waals surface area contributed by atoms with Crippen LogP contribution in [0.15, 0.2) is 54.6 Å².